The number of rotatable bonds is 5. The molecule has 0 saturated carbocycles. The van der Waals surface area contributed by atoms with Crippen LogP contribution in [0.4, 0.5) is 4.39 Å². The lowest BCUT2D eigenvalue weighted by atomic mass is 10.0. The van der Waals surface area contributed by atoms with Crippen LogP contribution in [0.1, 0.15) is 23.6 Å². The number of hydrogen-bond acceptors (Lipinski definition) is 3. The average molecular weight is 228 g/mol. The third-order valence-corrected chi connectivity index (χ3v) is 2.98. The van der Waals surface area contributed by atoms with Gasteiger partial charge in [0.15, 0.2) is 0 Å². The van der Waals surface area contributed by atoms with Gasteiger partial charge in [-0.1, -0.05) is 17.7 Å². The first-order valence-corrected chi connectivity index (χ1v) is 6.29. The van der Waals surface area contributed by atoms with E-state index in [0.717, 1.165) is 17.7 Å². The molecule has 0 aliphatic rings. The number of hydrazine groups is 1. The normalized spacial score (nSPS) is 12.8. The molecule has 1 rings (SSSR count). The van der Waals surface area contributed by atoms with Crippen molar-refractivity contribution in [3.8, 4) is 0 Å². The summed E-state index contributed by atoms with van der Waals surface area (Å²) in [6.07, 6.45) is 2.86. The molecule has 0 radical (unpaired) electrons. The van der Waals surface area contributed by atoms with E-state index in [4.69, 9.17) is 5.84 Å². The Kier molecular flexibility index (Phi) is 5.08. The minimum Gasteiger partial charge on any atom is -0.271 e. The van der Waals surface area contributed by atoms with Gasteiger partial charge in [-0.05, 0) is 31.4 Å². The highest BCUT2D eigenvalue weighted by Crippen LogP contribution is 2.21. The van der Waals surface area contributed by atoms with Gasteiger partial charge in [0.25, 0.3) is 0 Å². The lowest BCUT2D eigenvalue weighted by molar-refractivity contribution is 0.504. The zero-order valence-corrected chi connectivity index (χ0v) is 9.90. The van der Waals surface area contributed by atoms with Crippen LogP contribution in [-0.2, 0) is 0 Å². The maximum Gasteiger partial charge on any atom is 0.128 e. The second kappa shape index (κ2) is 6.10. The van der Waals surface area contributed by atoms with Crippen LogP contribution in [0.25, 0.3) is 0 Å². The molecule has 84 valence electrons. The number of nitrogens with two attached hydrogens (primary N) is 1. The Morgan fingerprint density at radius 1 is 1.53 bits per heavy atom. The zero-order valence-electron chi connectivity index (χ0n) is 9.09. The van der Waals surface area contributed by atoms with Crippen molar-refractivity contribution in [3.63, 3.8) is 0 Å². The van der Waals surface area contributed by atoms with Gasteiger partial charge in [-0.2, -0.15) is 11.8 Å². The van der Waals surface area contributed by atoms with Gasteiger partial charge in [-0.3, -0.25) is 11.3 Å². The van der Waals surface area contributed by atoms with Gasteiger partial charge in [0.05, 0.1) is 0 Å². The molecule has 3 N–H and O–H groups in total. The highest BCUT2D eigenvalue weighted by atomic mass is 32.2. The summed E-state index contributed by atoms with van der Waals surface area (Å²) in [5, 5.41) is 0. The monoisotopic (exact) mass is 228 g/mol. The van der Waals surface area contributed by atoms with Crippen LogP contribution >= 0.6 is 11.8 Å². The fourth-order valence-electron chi connectivity index (χ4n) is 1.49. The number of benzene rings is 1. The Balaban J connectivity index is 2.85. The minimum atomic E-state index is -0.190. The van der Waals surface area contributed by atoms with Gasteiger partial charge in [-0.15, -0.1) is 0 Å². The zero-order chi connectivity index (χ0) is 11.3. The average Bonchev–Trinajstić information content (AvgIpc) is 2.24. The Bertz CT molecular complexity index is 317. The molecule has 2 nitrogen and oxygen atoms in total. The molecule has 0 aliphatic heterocycles. The van der Waals surface area contributed by atoms with Gasteiger partial charge >= 0.3 is 0 Å². The number of aryl methyl sites for hydroxylation is 1. The highest BCUT2D eigenvalue weighted by Gasteiger charge is 2.13. The predicted molar refractivity (Wildman–Crippen MR) is 64.2 cm³/mol. The fourth-order valence-corrected chi connectivity index (χ4v) is 1.97. The summed E-state index contributed by atoms with van der Waals surface area (Å²) in [6, 6.07) is 5.01. The summed E-state index contributed by atoms with van der Waals surface area (Å²) in [5.41, 5.74) is 4.38. The maximum absolute atomic E-state index is 13.5. The molecule has 0 aliphatic carbocycles. The van der Waals surface area contributed by atoms with Crippen molar-refractivity contribution in [3.05, 3.63) is 35.1 Å². The van der Waals surface area contributed by atoms with Crippen molar-refractivity contribution in [1.29, 1.82) is 0 Å². The van der Waals surface area contributed by atoms with E-state index < -0.39 is 0 Å². The van der Waals surface area contributed by atoms with Crippen LogP contribution in [-0.4, -0.2) is 12.0 Å². The fraction of sp³-hybridized carbons (Fsp3) is 0.455. The quantitative estimate of drug-likeness (QED) is 0.600. The molecule has 1 atom stereocenters. The molecule has 0 aromatic heterocycles. The van der Waals surface area contributed by atoms with Crippen LogP contribution in [0, 0.1) is 12.7 Å². The Morgan fingerprint density at radius 3 is 2.87 bits per heavy atom. The van der Waals surface area contributed by atoms with Crippen molar-refractivity contribution in [2.45, 2.75) is 19.4 Å². The molecule has 4 heteroatoms. The van der Waals surface area contributed by atoms with Crippen molar-refractivity contribution in [1.82, 2.24) is 5.43 Å². The molecule has 15 heavy (non-hydrogen) atoms. The smallest absolute Gasteiger partial charge is 0.128 e. The minimum absolute atomic E-state index is 0.0997. The van der Waals surface area contributed by atoms with E-state index >= 15 is 0 Å². The molecule has 0 saturated heterocycles. The van der Waals surface area contributed by atoms with E-state index in [9.17, 15) is 4.39 Å². The molecule has 1 unspecified atom stereocenters. The van der Waals surface area contributed by atoms with Crippen molar-refractivity contribution in [2.75, 3.05) is 12.0 Å². The largest absolute Gasteiger partial charge is 0.271 e. The molecule has 1 aromatic rings. The third-order valence-electron chi connectivity index (χ3n) is 2.34. The van der Waals surface area contributed by atoms with Crippen LogP contribution in [0.15, 0.2) is 18.2 Å². The second-order valence-corrected chi connectivity index (χ2v) is 4.51. The topological polar surface area (TPSA) is 38.0 Å². The highest BCUT2D eigenvalue weighted by molar-refractivity contribution is 7.98. The Labute approximate surface area is 94.4 Å². The molecule has 0 bridgehead atoms. The molecular formula is C11H17FN2S. The summed E-state index contributed by atoms with van der Waals surface area (Å²) in [7, 11) is 0. The first-order chi connectivity index (χ1) is 7.19. The summed E-state index contributed by atoms with van der Waals surface area (Å²) >= 11 is 1.73. The van der Waals surface area contributed by atoms with Crippen molar-refractivity contribution in [2.24, 2.45) is 5.84 Å². The second-order valence-electron chi connectivity index (χ2n) is 3.53. The van der Waals surface area contributed by atoms with Gasteiger partial charge < -0.3 is 0 Å². The van der Waals surface area contributed by atoms with Gasteiger partial charge in [0, 0.05) is 11.6 Å². The van der Waals surface area contributed by atoms with Crippen molar-refractivity contribution < 1.29 is 4.39 Å². The van der Waals surface area contributed by atoms with Gasteiger partial charge in [0.2, 0.25) is 0 Å². The van der Waals surface area contributed by atoms with E-state index in [2.05, 4.69) is 5.43 Å². The van der Waals surface area contributed by atoms with Crippen LogP contribution in [0.5, 0.6) is 0 Å². The van der Waals surface area contributed by atoms with E-state index in [1.54, 1.807) is 17.8 Å². The van der Waals surface area contributed by atoms with E-state index in [1.807, 2.05) is 19.2 Å². The van der Waals surface area contributed by atoms with E-state index in [1.165, 1.54) is 6.07 Å². The molecule has 1 aromatic carbocycles. The lowest BCUT2D eigenvalue weighted by Crippen LogP contribution is -2.29. The lowest BCUT2D eigenvalue weighted by Gasteiger charge is -2.17. The number of thioether (sulfide) groups is 1. The standard InChI is InChI=1S/C11H17FN2S/c1-8-3-4-10(12)9(7-8)11(14-13)5-6-15-2/h3-4,7,11,14H,5-6,13H2,1-2H3. The van der Waals surface area contributed by atoms with Crippen LogP contribution < -0.4 is 11.3 Å². The van der Waals surface area contributed by atoms with Crippen molar-refractivity contribution >= 4 is 11.8 Å². The summed E-state index contributed by atoms with van der Waals surface area (Å²) in [6.45, 7) is 1.95. The van der Waals surface area contributed by atoms with E-state index in [0.29, 0.717) is 5.56 Å². The van der Waals surface area contributed by atoms with Crippen LogP contribution in [0.3, 0.4) is 0 Å². The first-order valence-electron chi connectivity index (χ1n) is 4.90. The first kappa shape index (κ1) is 12.5. The predicted octanol–water partition coefficient (Wildman–Crippen LogP) is 2.39. The molecule has 0 spiro atoms. The summed E-state index contributed by atoms with van der Waals surface area (Å²) in [5.74, 6) is 6.21. The summed E-state index contributed by atoms with van der Waals surface area (Å²) < 4.78 is 13.5. The van der Waals surface area contributed by atoms with Gasteiger partial charge in [-0.25, -0.2) is 4.39 Å². The molecule has 0 fully saturated rings. The third kappa shape index (κ3) is 3.48. The number of halogens is 1. The number of hydrogen-bond donors (Lipinski definition) is 2. The van der Waals surface area contributed by atoms with Crippen LogP contribution in [0.2, 0.25) is 0 Å². The summed E-state index contributed by atoms with van der Waals surface area (Å²) in [4.78, 5) is 0. The Hall–Kier alpha value is -0.580. The van der Waals surface area contributed by atoms with Gasteiger partial charge in [0.1, 0.15) is 5.82 Å². The SMILES string of the molecule is CSCCC(NN)c1cc(C)ccc1F. The maximum atomic E-state index is 13.5. The van der Waals surface area contributed by atoms with E-state index in [-0.39, 0.29) is 11.9 Å². The molecule has 0 heterocycles. The molecular weight excluding hydrogens is 211 g/mol. The number of nitrogens with one attached hydrogen (secondary N) is 1. The Morgan fingerprint density at radius 2 is 2.27 bits per heavy atom. The molecule has 0 amide bonds.